The van der Waals surface area contributed by atoms with Gasteiger partial charge in [0, 0.05) is 22.5 Å². The predicted molar refractivity (Wildman–Crippen MR) is 97.9 cm³/mol. The zero-order valence-corrected chi connectivity index (χ0v) is 14.9. The molecule has 23 heavy (non-hydrogen) atoms. The number of aryl methyl sites for hydroxylation is 1. The van der Waals surface area contributed by atoms with Crippen LogP contribution in [-0.2, 0) is 0 Å². The summed E-state index contributed by atoms with van der Waals surface area (Å²) in [6, 6.07) is 7.98. The van der Waals surface area contributed by atoms with Crippen LogP contribution in [0, 0.1) is 6.92 Å². The quantitative estimate of drug-likeness (QED) is 0.507. The van der Waals surface area contributed by atoms with Gasteiger partial charge in [0.05, 0.1) is 12.0 Å². The van der Waals surface area contributed by atoms with Gasteiger partial charge in [-0.25, -0.2) is 9.97 Å². The van der Waals surface area contributed by atoms with Gasteiger partial charge in [-0.15, -0.1) is 22.9 Å². The number of para-hydroxylation sites is 1. The van der Waals surface area contributed by atoms with Gasteiger partial charge in [0.25, 0.3) is 0 Å². The minimum absolute atomic E-state index is 0.211. The fourth-order valence-corrected chi connectivity index (χ4v) is 4.28. The van der Waals surface area contributed by atoms with Gasteiger partial charge in [-0.2, -0.15) is 0 Å². The maximum Gasteiger partial charge on any atom is 0.128 e. The van der Waals surface area contributed by atoms with Crippen molar-refractivity contribution in [2.45, 2.75) is 22.9 Å². The SMILES string of the molecule is Cc1csc2ncnc(Sc3ccccc3NCC(O)CCl)c12. The summed E-state index contributed by atoms with van der Waals surface area (Å²) in [7, 11) is 0. The monoisotopic (exact) mass is 365 g/mol. The van der Waals surface area contributed by atoms with E-state index in [4.69, 9.17) is 11.6 Å². The molecule has 0 saturated carbocycles. The Morgan fingerprint density at radius 2 is 2.17 bits per heavy atom. The van der Waals surface area contributed by atoms with Crippen LogP contribution in [0.4, 0.5) is 5.69 Å². The van der Waals surface area contributed by atoms with Crippen LogP contribution in [0.1, 0.15) is 5.56 Å². The zero-order chi connectivity index (χ0) is 16.2. The van der Waals surface area contributed by atoms with Crippen LogP contribution in [0.15, 0.2) is 45.9 Å². The number of nitrogens with zero attached hydrogens (tertiary/aromatic N) is 2. The van der Waals surface area contributed by atoms with E-state index in [0.717, 1.165) is 25.8 Å². The topological polar surface area (TPSA) is 58.0 Å². The molecule has 1 unspecified atom stereocenters. The van der Waals surface area contributed by atoms with Crippen LogP contribution < -0.4 is 5.32 Å². The van der Waals surface area contributed by atoms with E-state index in [1.165, 1.54) is 5.56 Å². The summed E-state index contributed by atoms with van der Waals surface area (Å²) < 4.78 is 0. The van der Waals surface area contributed by atoms with Gasteiger partial charge in [-0.05, 0) is 30.0 Å². The van der Waals surface area contributed by atoms with Crippen LogP contribution in [-0.4, -0.2) is 33.6 Å². The van der Waals surface area contributed by atoms with Crippen LogP contribution >= 0.6 is 34.7 Å². The number of hydrogen-bond acceptors (Lipinski definition) is 6. The lowest BCUT2D eigenvalue weighted by molar-refractivity contribution is 0.211. The smallest absolute Gasteiger partial charge is 0.128 e. The first-order valence-corrected chi connectivity index (χ1v) is 9.35. The molecule has 2 aromatic heterocycles. The molecule has 0 aliphatic rings. The third-order valence-electron chi connectivity index (χ3n) is 3.32. The summed E-state index contributed by atoms with van der Waals surface area (Å²) in [5.74, 6) is 0.211. The Bertz CT molecular complexity index is 809. The molecule has 1 aromatic carbocycles. The molecule has 0 saturated heterocycles. The summed E-state index contributed by atoms with van der Waals surface area (Å²) in [6.45, 7) is 2.49. The fraction of sp³-hybridized carbons (Fsp3) is 0.250. The van der Waals surface area contributed by atoms with Crippen molar-refractivity contribution < 1.29 is 5.11 Å². The number of alkyl halides is 1. The Morgan fingerprint density at radius 3 is 3.00 bits per heavy atom. The Hall–Kier alpha value is -1.34. The first-order chi connectivity index (χ1) is 11.2. The van der Waals surface area contributed by atoms with Crippen molar-refractivity contribution >= 4 is 50.6 Å². The average Bonchev–Trinajstić information content (AvgIpc) is 2.96. The summed E-state index contributed by atoms with van der Waals surface area (Å²) in [4.78, 5) is 10.8. The van der Waals surface area contributed by atoms with E-state index in [2.05, 4.69) is 27.6 Å². The molecule has 0 radical (unpaired) electrons. The third kappa shape index (κ3) is 3.77. The number of anilines is 1. The number of aliphatic hydroxyl groups is 1. The first kappa shape index (κ1) is 16.5. The normalized spacial score (nSPS) is 12.5. The second-order valence-electron chi connectivity index (χ2n) is 5.06. The van der Waals surface area contributed by atoms with Gasteiger partial charge in [0.2, 0.25) is 0 Å². The lowest BCUT2D eigenvalue weighted by Crippen LogP contribution is -2.20. The zero-order valence-electron chi connectivity index (χ0n) is 12.5. The minimum Gasteiger partial charge on any atom is -0.390 e. The second kappa shape index (κ2) is 7.49. The van der Waals surface area contributed by atoms with E-state index in [-0.39, 0.29) is 5.88 Å². The number of nitrogens with one attached hydrogen (secondary N) is 1. The third-order valence-corrected chi connectivity index (χ3v) is 5.76. The van der Waals surface area contributed by atoms with Crippen molar-refractivity contribution in [3.8, 4) is 0 Å². The van der Waals surface area contributed by atoms with E-state index in [9.17, 15) is 5.11 Å². The fourth-order valence-electron chi connectivity index (χ4n) is 2.15. The van der Waals surface area contributed by atoms with E-state index < -0.39 is 6.10 Å². The van der Waals surface area contributed by atoms with Crippen molar-refractivity contribution in [2.75, 3.05) is 17.7 Å². The van der Waals surface area contributed by atoms with Gasteiger partial charge in [-0.1, -0.05) is 23.9 Å². The lowest BCUT2D eigenvalue weighted by atomic mass is 10.3. The highest BCUT2D eigenvalue weighted by Gasteiger charge is 2.12. The van der Waals surface area contributed by atoms with E-state index in [0.29, 0.717) is 6.54 Å². The Balaban J connectivity index is 1.89. The first-order valence-electron chi connectivity index (χ1n) is 7.12. The molecule has 0 aliphatic carbocycles. The molecular weight excluding hydrogens is 350 g/mol. The van der Waals surface area contributed by atoms with Crippen molar-refractivity contribution in [1.29, 1.82) is 0 Å². The molecule has 7 heteroatoms. The molecule has 120 valence electrons. The van der Waals surface area contributed by atoms with Crippen LogP contribution in [0.3, 0.4) is 0 Å². The Morgan fingerprint density at radius 1 is 1.35 bits per heavy atom. The number of hydrogen-bond donors (Lipinski definition) is 2. The molecule has 3 aromatic rings. The number of aromatic nitrogens is 2. The number of thiophene rings is 1. The highest BCUT2D eigenvalue weighted by molar-refractivity contribution is 7.99. The minimum atomic E-state index is -0.570. The predicted octanol–water partition coefficient (Wildman–Crippen LogP) is 4.16. The Labute approximate surface area is 147 Å². The Kier molecular flexibility index (Phi) is 5.38. The van der Waals surface area contributed by atoms with Crippen molar-refractivity contribution in [3.05, 3.63) is 41.5 Å². The molecular formula is C16H16ClN3OS2. The van der Waals surface area contributed by atoms with Gasteiger partial charge >= 0.3 is 0 Å². The van der Waals surface area contributed by atoms with Crippen molar-refractivity contribution in [1.82, 2.24) is 9.97 Å². The van der Waals surface area contributed by atoms with E-state index >= 15 is 0 Å². The van der Waals surface area contributed by atoms with Crippen molar-refractivity contribution in [2.24, 2.45) is 0 Å². The molecule has 0 aliphatic heterocycles. The number of halogens is 1. The molecule has 2 heterocycles. The number of fused-ring (bicyclic) bond motifs is 1. The summed E-state index contributed by atoms with van der Waals surface area (Å²) >= 11 is 8.88. The van der Waals surface area contributed by atoms with Gasteiger partial charge in [0.15, 0.2) is 0 Å². The van der Waals surface area contributed by atoms with Crippen LogP contribution in [0.25, 0.3) is 10.2 Å². The van der Waals surface area contributed by atoms with E-state index in [1.807, 2.05) is 24.3 Å². The largest absolute Gasteiger partial charge is 0.390 e. The lowest BCUT2D eigenvalue weighted by Gasteiger charge is -2.13. The highest BCUT2D eigenvalue weighted by Crippen LogP contribution is 2.38. The molecule has 4 nitrogen and oxygen atoms in total. The van der Waals surface area contributed by atoms with Crippen LogP contribution in [0.2, 0.25) is 0 Å². The molecule has 0 bridgehead atoms. The summed E-state index contributed by atoms with van der Waals surface area (Å²) in [5, 5.41) is 17.0. The van der Waals surface area contributed by atoms with Gasteiger partial charge in [0.1, 0.15) is 16.2 Å². The van der Waals surface area contributed by atoms with Gasteiger partial charge in [-0.3, -0.25) is 0 Å². The highest BCUT2D eigenvalue weighted by atomic mass is 35.5. The molecule has 2 N–H and O–H groups in total. The molecule has 0 spiro atoms. The average molecular weight is 366 g/mol. The summed E-state index contributed by atoms with van der Waals surface area (Å²) in [6.07, 6.45) is 1.04. The van der Waals surface area contributed by atoms with Crippen LogP contribution in [0.5, 0.6) is 0 Å². The summed E-state index contributed by atoms with van der Waals surface area (Å²) in [5.41, 5.74) is 2.15. The second-order valence-corrected chi connectivity index (χ2v) is 7.26. The maximum absolute atomic E-state index is 9.63. The number of benzene rings is 1. The number of rotatable bonds is 6. The molecule has 3 rings (SSSR count). The van der Waals surface area contributed by atoms with Crippen molar-refractivity contribution in [3.63, 3.8) is 0 Å². The molecule has 1 atom stereocenters. The van der Waals surface area contributed by atoms with E-state index in [1.54, 1.807) is 29.4 Å². The molecule has 0 amide bonds. The molecule has 0 fully saturated rings. The maximum atomic E-state index is 9.63. The standard InChI is InChI=1S/C16H16ClN3OS2/c1-10-8-22-15-14(10)16(20-9-19-15)23-13-5-3-2-4-12(13)18-7-11(21)6-17/h2-5,8-9,11,18,21H,6-7H2,1H3. The van der Waals surface area contributed by atoms with Gasteiger partial charge < -0.3 is 10.4 Å². The number of aliphatic hydroxyl groups excluding tert-OH is 1.